The van der Waals surface area contributed by atoms with E-state index in [1.165, 1.54) is 43.8 Å². The summed E-state index contributed by atoms with van der Waals surface area (Å²) in [5, 5.41) is 9.57. The van der Waals surface area contributed by atoms with Crippen LogP contribution in [-0.4, -0.2) is 6.54 Å². The largest absolute Gasteiger partial charge is 0.440 e. The quantitative estimate of drug-likeness (QED) is 0.202. The van der Waals surface area contributed by atoms with E-state index in [0.717, 1.165) is 46.0 Å². The number of fused-ring (bicyclic) bond motifs is 6. The number of hydrogen-bond donors (Lipinski definition) is 1. The molecule has 0 spiro atoms. The van der Waals surface area contributed by atoms with E-state index in [1.54, 1.807) is 0 Å². The second-order valence-electron chi connectivity index (χ2n) is 11.8. The number of benzene rings is 7. The van der Waals surface area contributed by atoms with Crippen LogP contribution in [0.1, 0.15) is 5.56 Å². The maximum atomic E-state index is 6.29. The molecule has 9 rings (SSSR count). The zero-order valence-electron chi connectivity index (χ0n) is 25.2. The fraction of sp³-hybridized carbons (Fsp3) is 0.0233. The summed E-state index contributed by atoms with van der Waals surface area (Å²) in [6, 6.07) is 54.4. The molecule has 0 aliphatic carbocycles. The number of nitrogens with zero attached hydrogens (tertiary/aromatic N) is 1. The van der Waals surface area contributed by atoms with Crippen molar-refractivity contribution in [2.24, 2.45) is 0 Å². The smallest absolute Gasteiger partial charge is 0.201 e. The van der Waals surface area contributed by atoms with Crippen LogP contribution in [0.2, 0.25) is 0 Å². The Hall–Kier alpha value is -6.06. The SMILES string of the molecule is C1=Cc2c(oc3cccc(N(c4ccc(-c5ccccc5)cc4)c4ccc(-c5cc6ccccc6c6ccccc56)cc4)c23)NC1. The Morgan fingerprint density at radius 1 is 0.543 bits per heavy atom. The molecule has 3 nitrogen and oxygen atoms in total. The van der Waals surface area contributed by atoms with E-state index >= 15 is 0 Å². The molecule has 1 aromatic heterocycles. The molecular weight excluding hydrogens is 560 g/mol. The summed E-state index contributed by atoms with van der Waals surface area (Å²) in [4.78, 5) is 2.34. The molecule has 1 aliphatic rings. The average Bonchev–Trinajstić information content (AvgIpc) is 3.52. The second-order valence-corrected chi connectivity index (χ2v) is 11.8. The first kappa shape index (κ1) is 26.4. The van der Waals surface area contributed by atoms with E-state index in [9.17, 15) is 0 Å². The van der Waals surface area contributed by atoms with Gasteiger partial charge in [0.1, 0.15) is 5.58 Å². The lowest BCUT2D eigenvalue weighted by molar-refractivity contribution is 0.628. The van der Waals surface area contributed by atoms with Crippen molar-refractivity contribution in [1.82, 2.24) is 0 Å². The molecule has 0 amide bonds. The Labute approximate surface area is 267 Å². The van der Waals surface area contributed by atoms with Gasteiger partial charge >= 0.3 is 0 Å². The minimum absolute atomic E-state index is 0.762. The minimum Gasteiger partial charge on any atom is -0.440 e. The van der Waals surface area contributed by atoms with Crippen molar-refractivity contribution in [2.75, 3.05) is 16.8 Å². The normalized spacial score (nSPS) is 12.3. The van der Waals surface area contributed by atoms with E-state index < -0.39 is 0 Å². The summed E-state index contributed by atoms with van der Waals surface area (Å²) in [5.41, 5.74) is 10.0. The van der Waals surface area contributed by atoms with Gasteiger partial charge in [-0.15, -0.1) is 0 Å². The van der Waals surface area contributed by atoms with Gasteiger partial charge in [0.15, 0.2) is 0 Å². The van der Waals surface area contributed by atoms with Gasteiger partial charge in [-0.3, -0.25) is 0 Å². The van der Waals surface area contributed by atoms with Gasteiger partial charge in [-0.25, -0.2) is 0 Å². The third-order valence-electron chi connectivity index (χ3n) is 9.07. The molecule has 1 aliphatic heterocycles. The summed E-state index contributed by atoms with van der Waals surface area (Å²) < 4.78 is 6.29. The average molecular weight is 591 g/mol. The first-order chi connectivity index (χ1) is 22.8. The Morgan fingerprint density at radius 2 is 1.20 bits per heavy atom. The molecule has 2 heterocycles. The van der Waals surface area contributed by atoms with Gasteiger partial charge < -0.3 is 14.6 Å². The number of nitrogens with one attached hydrogen (secondary N) is 1. The molecule has 8 aromatic rings. The van der Waals surface area contributed by atoms with E-state index in [-0.39, 0.29) is 0 Å². The maximum absolute atomic E-state index is 6.29. The van der Waals surface area contributed by atoms with Crippen LogP contribution in [0.15, 0.2) is 162 Å². The van der Waals surface area contributed by atoms with Gasteiger partial charge in [0.25, 0.3) is 0 Å². The highest BCUT2D eigenvalue weighted by Gasteiger charge is 2.22. The lowest BCUT2D eigenvalue weighted by atomic mass is 9.93. The lowest BCUT2D eigenvalue weighted by Crippen LogP contribution is -2.10. The van der Waals surface area contributed by atoms with E-state index in [1.807, 2.05) is 0 Å². The minimum atomic E-state index is 0.762. The number of anilines is 4. The van der Waals surface area contributed by atoms with Crippen LogP contribution in [0.3, 0.4) is 0 Å². The van der Waals surface area contributed by atoms with Crippen LogP contribution in [0.5, 0.6) is 0 Å². The Bertz CT molecular complexity index is 2400. The molecule has 0 fully saturated rings. The topological polar surface area (TPSA) is 28.4 Å². The maximum Gasteiger partial charge on any atom is 0.201 e. The third-order valence-corrected chi connectivity index (χ3v) is 9.07. The monoisotopic (exact) mass is 590 g/mol. The molecule has 0 atom stereocenters. The summed E-state index contributed by atoms with van der Waals surface area (Å²) in [6.45, 7) is 0.762. The predicted molar refractivity (Wildman–Crippen MR) is 194 cm³/mol. The van der Waals surface area contributed by atoms with Crippen molar-refractivity contribution in [3.63, 3.8) is 0 Å². The molecule has 46 heavy (non-hydrogen) atoms. The molecule has 0 radical (unpaired) electrons. The molecule has 218 valence electrons. The fourth-order valence-electron chi connectivity index (χ4n) is 6.90. The summed E-state index contributed by atoms with van der Waals surface area (Å²) in [7, 11) is 0. The van der Waals surface area contributed by atoms with Crippen molar-refractivity contribution in [2.45, 2.75) is 0 Å². The Kier molecular flexibility index (Phi) is 6.20. The van der Waals surface area contributed by atoms with E-state index in [0.29, 0.717) is 0 Å². The van der Waals surface area contributed by atoms with Gasteiger partial charge in [-0.2, -0.15) is 0 Å². The van der Waals surface area contributed by atoms with Crippen molar-refractivity contribution in [1.29, 1.82) is 0 Å². The van der Waals surface area contributed by atoms with Crippen molar-refractivity contribution in [3.05, 3.63) is 163 Å². The number of rotatable bonds is 5. The van der Waals surface area contributed by atoms with Gasteiger partial charge in [0.2, 0.25) is 5.88 Å². The zero-order valence-corrected chi connectivity index (χ0v) is 25.2. The summed E-state index contributed by atoms with van der Waals surface area (Å²) in [5.74, 6) is 0.822. The molecule has 0 unspecified atom stereocenters. The molecule has 0 bridgehead atoms. The predicted octanol–water partition coefficient (Wildman–Crippen LogP) is 12.0. The van der Waals surface area contributed by atoms with Crippen molar-refractivity contribution >= 4 is 61.5 Å². The van der Waals surface area contributed by atoms with Crippen molar-refractivity contribution in [3.8, 4) is 22.3 Å². The van der Waals surface area contributed by atoms with Crippen LogP contribution < -0.4 is 10.2 Å². The summed E-state index contributed by atoms with van der Waals surface area (Å²) in [6.07, 6.45) is 4.32. The Morgan fingerprint density at radius 3 is 1.98 bits per heavy atom. The zero-order chi connectivity index (χ0) is 30.5. The van der Waals surface area contributed by atoms with E-state index in [4.69, 9.17) is 4.42 Å². The highest BCUT2D eigenvalue weighted by atomic mass is 16.3. The van der Waals surface area contributed by atoms with Crippen LogP contribution in [0.4, 0.5) is 22.9 Å². The number of hydrogen-bond acceptors (Lipinski definition) is 3. The van der Waals surface area contributed by atoms with Gasteiger partial charge in [-0.05, 0) is 86.3 Å². The molecule has 1 N–H and O–H groups in total. The third kappa shape index (κ3) is 4.36. The fourth-order valence-corrected chi connectivity index (χ4v) is 6.90. The van der Waals surface area contributed by atoms with Crippen molar-refractivity contribution < 1.29 is 4.42 Å². The summed E-state index contributed by atoms with van der Waals surface area (Å²) >= 11 is 0. The molecule has 7 aromatic carbocycles. The molecular formula is C43H30N2O. The number of furan rings is 1. The first-order valence-corrected chi connectivity index (χ1v) is 15.7. The van der Waals surface area contributed by atoms with Gasteiger partial charge in [-0.1, -0.05) is 121 Å². The standard InChI is InChI=1S/C43H30N2O/c1-2-10-29(11-3-1)30-19-23-33(24-20-30)45(40-17-8-18-41-42(40)38-16-9-27-44-43(38)46-41)34-25-21-31(22-26-34)39-28-32-12-4-5-13-35(32)36-14-6-7-15-37(36)39/h1-26,28,44H,27H2. The first-order valence-electron chi connectivity index (χ1n) is 15.7. The van der Waals surface area contributed by atoms with Crippen LogP contribution in [-0.2, 0) is 0 Å². The lowest BCUT2D eigenvalue weighted by Gasteiger charge is -2.27. The molecule has 3 heteroatoms. The van der Waals surface area contributed by atoms with Crippen LogP contribution in [0, 0.1) is 0 Å². The van der Waals surface area contributed by atoms with Gasteiger partial charge in [0, 0.05) is 23.5 Å². The highest BCUT2D eigenvalue weighted by Crippen LogP contribution is 2.45. The van der Waals surface area contributed by atoms with Crippen LogP contribution in [0.25, 0.3) is 60.8 Å². The van der Waals surface area contributed by atoms with Crippen LogP contribution >= 0.6 is 0 Å². The Balaban J connectivity index is 1.21. The second kappa shape index (κ2) is 10.8. The molecule has 0 saturated heterocycles. The molecule has 0 saturated carbocycles. The van der Waals surface area contributed by atoms with E-state index in [2.05, 4.69) is 174 Å². The van der Waals surface area contributed by atoms with Gasteiger partial charge in [0.05, 0.1) is 11.1 Å². The highest BCUT2D eigenvalue weighted by molar-refractivity contribution is 6.14.